The molecule has 1 amide bonds. The molecule has 1 unspecified atom stereocenters. The summed E-state index contributed by atoms with van der Waals surface area (Å²) in [5, 5.41) is 9.75. The van der Waals surface area contributed by atoms with E-state index in [0.29, 0.717) is 25.3 Å². The number of aromatic nitrogens is 2. The minimum absolute atomic E-state index is 0.0306. The van der Waals surface area contributed by atoms with Gasteiger partial charge in [0.25, 0.3) is 0 Å². The largest absolute Gasteiger partial charge is 0.493 e. The molecule has 0 saturated carbocycles. The summed E-state index contributed by atoms with van der Waals surface area (Å²) >= 11 is 0. The Labute approximate surface area is 168 Å². The number of nitrogens with zero attached hydrogens (tertiary/aromatic N) is 1. The average Bonchev–Trinajstić information content (AvgIpc) is 3.21. The quantitative estimate of drug-likeness (QED) is 0.600. The first-order valence-corrected chi connectivity index (χ1v) is 9.52. The Kier molecular flexibility index (Phi) is 4.88. The number of aromatic amines is 2. The van der Waals surface area contributed by atoms with Crippen LogP contribution in [0.25, 0.3) is 0 Å². The highest BCUT2D eigenvalue weighted by molar-refractivity contribution is 5.90. The number of nitrogens with one attached hydrogen (secondary N) is 2. The maximum absolute atomic E-state index is 13.1. The van der Waals surface area contributed by atoms with Crippen molar-refractivity contribution in [3.05, 3.63) is 81.9 Å². The summed E-state index contributed by atoms with van der Waals surface area (Å²) < 4.78 is 5.82. The Morgan fingerprint density at radius 1 is 1.07 bits per heavy atom. The van der Waals surface area contributed by atoms with Gasteiger partial charge in [0.1, 0.15) is 12.4 Å². The molecule has 7 nitrogen and oxygen atoms in total. The highest BCUT2D eigenvalue weighted by Crippen LogP contribution is 2.37. The molecule has 1 aromatic heterocycles. The van der Waals surface area contributed by atoms with Crippen molar-refractivity contribution in [1.82, 2.24) is 14.9 Å². The number of H-pyrrole nitrogens is 2. The third kappa shape index (κ3) is 3.76. The maximum atomic E-state index is 13.1. The second-order valence-corrected chi connectivity index (χ2v) is 7.51. The molecule has 1 saturated heterocycles. The molecule has 0 spiro atoms. The van der Waals surface area contributed by atoms with Crippen LogP contribution in [0.4, 0.5) is 0 Å². The minimum Gasteiger partial charge on any atom is -0.493 e. The van der Waals surface area contributed by atoms with Crippen molar-refractivity contribution in [2.45, 2.75) is 31.9 Å². The van der Waals surface area contributed by atoms with Crippen molar-refractivity contribution >= 4 is 5.91 Å². The lowest BCUT2D eigenvalue weighted by Gasteiger charge is -2.24. The molecule has 7 heteroatoms. The van der Waals surface area contributed by atoms with Crippen LogP contribution in [0.1, 0.15) is 30.2 Å². The minimum atomic E-state index is -0.649. The summed E-state index contributed by atoms with van der Waals surface area (Å²) in [5.41, 5.74) is 1.19. The standard InChI is InChI=1S/C22H23N3O4/c1-22(11-12-25(20(22)27)13-18-19(26)24-21(28)23-18)16-7-9-17(10-8-16)29-14-15-5-3-2-4-6-15/h2-10,26H,11-14H2,1H3,(H2,23,24,28). The summed E-state index contributed by atoms with van der Waals surface area (Å²) in [5.74, 6) is 0.492. The van der Waals surface area contributed by atoms with Crippen molar-refractivity contribution in [1.29, 1.82) is 0 Å². The van der Waals surface area contributed by atoms with E-state index in [9.17, 15) is 14.7 Å². The zero-order chi connectivity index (χ0) is 20.4. The van der Waals surface area contributed by atoms with Crippen molar-refractivity contribution in [2.24, 2.45) is 0 Å². The topological polar surface area (TPSA) is 98.4 Å². The third-order valence-corrected chi connectivity index (χ3v) is 5.51. The number of aromatic hydroxyl groups is 1. The van der Waals surface area contributed by atoms with Crippen molar-refractivity contribution in [2.75, 3.05) is 6.54 Å². The SMILES string of the molecule is CC1(c2ccc(OCc3ccccc3)cc2)CCN(Cc2[nH]c(=O)[nH]c2O)C1=O. The molecule has 150 valence electrons. The number of benzene rings is 2. The van der Waals surface area contributed by atoms with Gasteiger partial charge in [0.2, 0.25) is 11.8 Å². The number of carbonyl (C=O) groups is 1. The van der Waals surface area contributed by atoms with Crippen LogP contribution < -0.4 is 10.4 Å². The highest BCUT2D eigenvalue weighted by Gasteiger charge is 2.44. The number of amides is 1. The zero-order valence-corrected chi connectivity index (χ0v) is 16.1. The third-order valence-electron chi connectivity index (χ3n) is 5.51. The second-order valence-electron chi connectivity index (χ2n) is 7.51. The number of imidazole rings is 1. The Balaban J connectivity index is 1.44. The molecule has 0 radical (unpaired) electrons. The van der Waals surface area contributed by atoms with E-state index < -0.39 is 11.1 Å². The van der Waals surface area contributed by atoms with E-state index in [4.69, 9.17) is 4.74 Å². The van der Waals surface area contributed by atoms with Crippen molar-refractivity contribution in [3.8, 4) is 11.6 Å². The Morgan fingerprint density at radius 2 is 1.79 bits per heavy atom. The van der Waals surface area contributed by atoms with E-state index in [1.807, 2.05) is 61.5 Å². The normalized spacial score (nSPS) is 18.9. The summed E-state index contributed by atoms with van der Waals surface area (Å²) in [6, 6.07) is 17.6. The summed E-state index contributed by atoms with van der Waals surface area (Å²) in [4.78, 5) is 30.8. The van der Waals surface area contributed by atoms with Crippen LogP contribution in [0, 0.1) is 0 Å². The fourth-order valence-electron chi connectivity index (χ4n) is 3.71. The van der Waals surface area contributed by atoms with E-state index in [-0.39, 0.29) is 18.3 Å². The molecule has 1 atom stereocenters. The Bertz CT molecular complexity index is 1060. The number of rotatable bonds is 6. The van der Waals surface area contributed by atoms with E-state index in [2.05, 4.69) is 9.97 Å². The number of likely N-dealkylation sites (tertiary alicyclic amines) is 1. The first-order chi connectivity index (χ1) is 14.0. The van der Waals surface area contributed by atoms with Gasteiger partial charge in [-0.25, -0.2) is 4.79 Å². The molecule has 0 bridgehead atoms. The van der Waals surface area contributed by atoms with Crippen molar-refractivity contribution in [3.63, 3.8) is 0 Å². The molecule has 2 aromatic carbocycles. The van der Waals surface area contributed by atoms with Gasteiger partial charge >= 0.3 is 5.69 Å². The van der Waals surface area contributed by atoms with Gasteiger partial charge in [-0.05, 0) is 36.6 Å². The molecule has 4 rings (SSSR count). The summed E-state index contributed by atoms with van der Waals surface area (Å²) in [6.07, 6.45) is 0.658. The van der Waals surface area contributed by atoms with Gasteiger partial charge in [0.05, 0.1) is 17.7 Å². The predicted octanol–water partition coefficient (Wildman–Crippen LogP) is 2.68. The van der Waals surface area contributed by atoms with Gasteiger partial charge in [-0.1, -0.05) is 42.5 Å². The number of ether oxygens (including phenoxy) is 1. The van der Waals surface area contributed by atoms with Crippen LogP contribution in [-0.4, -0.2) is 32.4 Å². The monoisotopic (exact) mass is 393 g/mol. The second kappa shape index (κ2) is 7.50. The van der Waals surface area contributed by atoms with Crippen LogP contribution in [0.3, 0.4) is 0 Å². The predicted molar refractivity (Wildman–Crippen MR) is 108 cm³/mol. The fourth-order valence-corrected chi connectivity index (χ4v) is 3.71. The van der Waals surface area contributed by atoms with E-state index in [0.717, 1.165) is 16.9 Å². The molecule has 1 aliphatic heterocycles. The van der Waals surface area contributed by atoms with Gasteiger partial charge in [-0.3, -0.25) is 9.78 Å². The van der Waals surface area contributed by atoms with Crippen molar-refractivity contribution < 1.29 is 14.6 Å². The Hall–Kier alpha value is -3.48. The van der Waals surface area contributed by atoms with E-state index in [1.54, 1.807) is 4.90 Å². The first kappa shape index (κ1) is 18.9. The molecular weight excluding hydrogens is 370 g/mol. The van der Waals surface area contributed by atoms with Gasteiger partial charge < -0.3 is 19.7 Å². The van der Waals surface area contributed by atoms with Gasteiger partial charge in [0, 0.05) is 6.54 Å². The van der Waals surface area contributed by atoms with Crippen LogP contribution in [0.2, 0.25) is 0 Å². The number of carbonyl (C=O) groups excluding carboxylic acids is 1. The van der Waals surface area contributed by atoms with E-state index in [1.165, 1.54) is 0 Å². The van der Waals surface area contributed by atoms with Crippen LogP contribution in [0.5, 0.6) is 11.6 Å². The highest BCUT2D eigenvalue weighted by atomic mass is 16.5. The van der Waals surface area contributed by atoms with E-state index >= 15 is 0 Å². The average molecular weight is 393 g/mol. The first-order valence-electron chi connectivity index (χ1n) is 9.52. The van der Waals surface area contributed by atoms with Crippen LogP contribution in [-0.2, 0) is 23.4 Å². The van der Waals surface area contributed by atoms with Gasteiger partial charge in [-0.15, -0.1) is 0 Å². The molecule has 2 heterocycles. The maximum Gasteiger partial charge on any atom is 0.326 e. The molecular formula is C22H23N3O4. The van der Waals surface area contributed by atoms with Crippen LogP contribution in [0.15, 0.2) is 59.4 Å². The van der Waals surface area contributed by atoms with Gasteiger partial charge in [0.15, 0.2) is 0 Å². The lowest BCUT2D eigenvalue weighted by molar-refractivity contribution is -0.132. The molecule has 0 aliphatic carbocycles. The number of hydrogen-bond donors (Lipinski definition) is 3. The lowest BCUT2D eigenvalue weighted by atomic mass is 9.81. The fraction of sp³-hybridized carbons (Fsp3) is 0.273. The number of hydrogen-bond acceptors (Lipinski definition) is 4. The molecule has 3 N–H and O–H groups in total. The molecule has 29 heavy (non-hydrogen) atoms. The molecule has 3 aromatic rings. The van der Waals surface area contributed by atoms with Crippen LogP contribution >= 0.6 is 0 Å². The molecule has 1 fully saturated rings. The zero-order valence-electron chi connectivity index (χ0n) is 16.1. The summed E-state index contributed by atoms with van der Waals surface area (Å²) in [6.45, 7) is 3.13. The summed E-state index contributed by atoms with van der Waals surface area (Å²) in [7, 11) is 0. The van der Waals surface area contributed by atoms with Gasteiger partial charge in [-0.2, -0.15) is 0 Å². The Morgan fingerprint density at radius 3 is 2.45 bits per heavy atom. The smallest absolute Gasteiger partial charge is 0.326 e. The molecule has 1 aliphatic rings. The lowest BCUT2D eigenvalue weighted by Crippen LogP contribution is -2.35.